The molecule has 0 N–H and O–H groups in total. The molecule has 0 bridgehead atoms. The normalized spacial score (nSPS) is 9.87. The van der Waals surface area contributed by atoms with E-state index >= 15 is 0 Å². The molecule has 74 valence electrons. The summed E-state index contributed by atoms with van der Waals surface area (Å²) >= 11 is 0. The van der Waals surface area contributed by atoms with Crippen molar-refractivity contribution in [2.45, 2.75) is 6.92 Å². The van der Waals surface area contributed by atoms with Crippen LogP contribution < -0.4 is 0 Å². The van der Waals surface area contributed by atoms with Gasteiger partial charge in [0, 0.05) is 0 Å². The van der Waals surface area contributed by atoms with Gasteiger partial charge in [0.25, 0.3) is 5.82 Å². The molecule has 0 radical (unpaired) electrons. The first-order valence-corrected chi connectivity index (χ1v) is 3.95. The van der Waals surface area contributed by atoms with Crippen molar-refractivity contribution in [1.29, 1.82) is 5.26 Å². The molecule has 0 aliphatic rings. The molecular formula is C7H5N7O. The zero-order valence-corrected chi connectivity index (χ0v) is 7.69. The summed E-state index contributed by atoms with van der Waals surface area (Å²) in [7, 11) is 0. The maximum atomic E-state index is 11.7. The SMILES string of the molecule is Cc1nc(C#N)nn1C(=O)n1cncn1. The predicted molar refractivity (Wildman–Crippen MR) is 45.7 cm³/mol. The van der Waals surface area contributed by atoms with Crippen LogP contribution in [-0.4, -0.2) is 35.6 Å². The summed E-state index contributed by atoms with van der Waals surface area (Å²) in [4.78, 5) is 19.1. The van der Waals surface area contributed by atoms with Crippen molar-refractivity contribution in [3.63, 3.8) is 0 Å². The standard InChI is InChI=1S/C7H5N7O/c1-5-11-6(2-8)12-14(5)7(15)13-4-9-3-10-13/h3-4H,1H3. The number of aromatic nitrogens is 6. The van der Waals surface area contributed by atoms with Crippen LogP contribution >= 0.6 is 0 Å². The van der Waals surface area contributed by atoms with E-state index in [1.165, 1.54) is 12.7 Å². The van der Waals surface area contributed by atoms with E-state index in [4.69, 9.17) is 5.26 Å². The van der Waals surface area contributed by atoms with Crippen LogP contribution in [0.1, 0.15) is 11.6 Å². The smallest absolute Gasteiger partial charge is 0.243 e. The fourth-order valence-electron chi connectivity index (χ4n) is 1.02. The molecule has 0 aliphatic carbocycles. The van der Waals surface area contributed by atoms with Crippen LogP contribution in [0.3, 0.4) is 0 Å². The summed E-state index contributed by atoms with van der Waals surface area (Å²) in [6, 6.07) is 1.22. The second-order valence-corrected chi connectivity index (χ2v) is 2.63. The Morgan fingerprint density at radius 1 is 1.60 bits per heavy atom. The number of hydrogen-bond donors (Lipinski definition) is 0. The molecule has 2 heterocycles. The van der Waals surface area contributed by atoms with Gasteiger partial charge < -0.3 is 0 Å². The van der Waals surface area contributed by atoms with Crippen molar-refractivity contribution in [2.75, 3.05) is 0 Å². The van der Waals surface area contributed by atoms with Gasteiger partial charge in [0.05, 0.1) is 0 Å². The molecule has 8 nitrogen and oxygen atoms in total. The Labute approximate surface area is 83.8 Å². The summed E-state index contributed by atoms with van der Waals surface area (Å²) in [5, 5.41) is 15.9. The van der Waals surface area contributed by atoms with Crippen LogP contribution in [0.2, 0.25) is 0 Å². The van der Waals surface area contributed by atoms with Crippen LogP contribution in [0, 0.1) is 18.3 Å². The molecule has 15 heavy (non-hydrogen) atoms. The second-order valence-electron chi connectivity index (χ2n) is 2.63. The molecule has 0 saturated carbocycles. The fourth-order valence-corrected chi connectivity index (χ4v) is 1.02. The number of aryl methyl sites for hydroxylation is 1. The van der Waals surface area contributed by atoms with Crippen molar-refractivity contribution in [2.24, 2.45) is 0 Å². The molecule has 0 unspecified atom stereocenters. The molecule has 8 heteroatoms. The van der Waals surface area contributed by atoms with Crippen LogP contribution in [0.15, 0.2) is 12.7 Å². The van der Waals surface area contributed by atoms with E-state index in [0.29, 0.717) is 5.82 Å². The minimum Gasteiger partial charge on any atom is -0.243 e. The first-order valence-electron chi connectivity index (χ1n) is 3.95. The minimum atomic E-state index is -0.529. The van der Waals surface area contributed by atoms with Crippen molar-refractivity contribution < 1.29 is 4.79 Å². The third kappa shape index (κ3) is 1.46. The summed E-state index contributed by atoms with van der Waals surface area (Å²) < 4.78 is 2.00. The Hall–Kier alpha value is -2.56. The molecule has 0 spiro atoms. The zero-order chi connectivity index (χ0) is 10.8. The lowest BCUT2D eigenvalue weighted by Gasteiger charge is -1.98. The Balaban J connectivity index is 2.43. The van der Waals surface area contributed by atoms with Gasteiger partial charge in [0.15, 0.2) is 0 Å². The third-order valence-electron chi connectivity index (χ3n) is 1.66. The van der Waals surface area contributed by atoms with E-state index in [-0.39, 0.29) is 5.82 Å². The van der Waals surface area contributed by atoms with Gasteiger partial charge in [0.2, 0.25) is 0 Å². The van der Waals surface area contributed by atoms with E-state index in [0.717, 1.165) is 9.36 Å². The van der Waals surface area contributed by atoms with Crippen molar-refractivity contribution >= 4 is 6.03 Å². The topological polar surface area (TPSA) is 102 Å². The van der Waals surface area contributed by atoms with Gasteiger partial charge in [-0.25, -0.2) is 14.8 Å². The number of carbonyl (C=O) groups excluding carboxylic acids is 1. The van der Waals surface area contributed by atoms with Crippen LogP contribution in [0.25, 0.3) is 0 Å². The van der Waals surface area contributed by atoms with Gasteiger partial charge in [-0.2, -0.15) is 19.7 Å². The number of nitrogens with zero attached hydrogens (tertiary/aromatic N) is 7. The molecule has 2 rings (SSSR count). The first kappa shape index (κ1) is 9.01. The fraction of sp³-hybridized carbons (Fsp3) is 0.143. The average Bonchev–Trinajstić information content (AvgIpc) is 2.85. The van der Waals surface area contributed by atoms with E-state index in [1.807, 2.05) is 0 Å². The molecule has 2 aromatic heterocycles. The van der Waals surface area contributed by atoms with E-state index in [1.54, 1.807) is 13.0 Å². The van der Waals surface area contributed by atoms with Gasteiger partial charge in [-0.05, 0) is 6.92 Å². The van der Waals surface area contributed by atoms with E-state index in [9.17, 15) is 4.79 Å². The Kier molecular flexibility index (Phi) is 1.98. The maximum absolute atomic E-state index is 11.7. The highest BCUT2D eigenvalue weighted by Crippen LogP contribution is 1.97. The lowest BCUT2D eigenvalue weighted by molar-refractivity contribution is 0.237. The highest BCUT2D eigenvalue weighted by atomic mass is 16.2. The summed E-state index contributed by atoms with van der Waals surface area (Å²) in [5.41, 5.74) is 0. The Morgan fingerprint density at radius 3 is 2.93 bits per heavy atom. The minimum absolute atomic E-state index is 0.0547. The molecule has 0 amide bonds. The van der Waals surface area contributed by atoms with Crippen LogP contribution in [0.5, 0.6) is 0 Å². The Bertz CT molecular complexity index is 532. The molecule has 0 aromatic carbocycles. The molecule has 0 saturated heterocycles. The molecule has 0 aliphatic heterocycles. The number of nitriles is 1. The molecule has 2 aromatic rings. The first-order chi connectivity index (χ1) is 7.22. The number of hydrogen-bond acceptors (Lipinski definition) is 6. The zero-order valence-electron chi connectivity index (χ0n) is 7.69. The van der Waals surface area contributed by atoms with Crippen molar-refractivity contribution in [3.8, 4) is 6.07 Å². The van der Waals surface area contributed by atoms with Gasteiger partial charge in [0.1, 0.15) is 24.5 Å². The molecule has 0 atom stereocenters. The largest absolute Gasteiger partial charge is 0.372 e. The summed E-state index contributed by atoms with van der Waals surface area (Å²) in [5.74, 6) is 0.271. The molecule has 0 fully saturated rings. The number of carbonyl (C=O) groups is 1. The summed E-state index contributed by atoms with van der Waals surface area (Å²) in [6.07, 6.45) is 2.48. The van der Waals surface area contributed by atoms with Gasteiger partial charge in [-0.15, -0.1) is 5.10 Å². The lowest BCUT2D eigenvalue weighted by Crippen LogP contribution is -2.22. The average molecular weight is 203 g/mol. The van der Waals surface area contributed by atoms with E-state index in [2.05, 4.69) is 20.2 Å². The number of rotatable bonds is 0. The van der Waals surface area contributed by atoms with Gasteiger partial charge in [-0.1, -0.05) is 0 Å². The van der Waals surface area contributed by atoms with Crippen LogP contribution in [0.4, 0.5) is 4.79 Å². The second kappa shape index (κ2) is 3.30. The van der Waals surface area contributed by atoms with Gasteiger partial charge >= 0.3 is 6.03 Å². The third-order valence-corrected chi connectivity index (χ3v) is 1.66. The highest BCUT2D eigenvalue weighted by Gasteiger charge is 2.14. The lowest BCUT2D eigenvalue weighted by atomic mass is 10.7. The Morgan fingerprint density at radius 2 is 2.40 bits per heavy atom. The monoisotopic (exact) mass is 203 g/mol. The van der Waals surface area contributed by atoms with Crippen molar-refractivity contribution in [3.05, 3.63) is 24.3 Å². The maximum Gasteiger partial charge on any atom is 0.372 e. The molecular weight excluding hydrogens is 198 g/mol. The highest BCUT2D eigenvalue weighted by molar-refractivity contribution is 5.77. The predicted octanol–water partition coefficient (Wildman–Crippen LogP) is -0.434. The van der Waals surface area contributed by atoms with Gasteiger partial charge in [-0.3, -0.25) is 0 Å². The van der Waals surface area contributed by atoms with Crippen LogP contribution in [-0.2, 0) is 0 Å². The quantitative estimate of drug-likeness (QED) is 0.575. The summed E-state index contributed by atoms with van der Waals surface area (Å²) in [6.45, 7) is 1.57. The van der Waals surface area contributed by atoms with Crippen molar-refractivity contribution in [1.82, 2.24) is 29.5 Å². The van der Waals surface area contributed by atoms with E-state index < -0.39 is 6.03 Å².